The van der Waals surface area contributed by atoms with Crippen LogP contribution in [-0.4, -0.2) is 32.4 Å². The van der Waals surface area contributed by atoms with Gasteiger partial charge in [0.2, 0.25) is 0 Å². The average molecular weight is 342 g/mol. The third-order valence-electron chi connectivity index (χ3n) is 3.60. The summed E-state index contributed by atoms with van der Waals surface area (Å²) in [5.74, 6) is 1.10. The maximum atomic E-state index is 5.81. The quantitative estimate of drug-likeness (QED) is 0.735. The maximum absolute atomic E-state index is 5.81. The highest BCUT2D eigenvalue weighted by Gasteiger charge is 2.19. The molecule has 1 aliphatic rings. The highest BCUT2D eigenvalue weighted by molar-refractivity contribution is 9.10. The van der Waals surface area contributed by atoms with Crippen molar-refractivity contribution >= 4 is 15.9 Å². The molecular formula is C16H24BrNO2. The van der Waals surface area contributed by atoms with Gasteiger partial charge in [-0.25, -0.2) is 0 Å². The predicted octanol–water partition coefficient (Wildman–Crippen LogP) is 3.33. The number of rotatable bonds is 8. The molecule has 1 heterocycles. The van der Waals surface area contributed by atoms with E-state index in [9.17, 15) is 0 Å². The van der Waals surface area contributed by atoms with Crippen molar-refractivity contribution in [2.45, 2.75) is 39.2 Å². The van der Waals surface area contributed by atoms with E-state index in [1.54, 1.807) is 0 Å². The Bertz CT molecular complexity index is 437. The smallest absolute Gasteiger partial charge is 0.125 e. The zero-order chi connectivity index (χ0) is 14.4. The van der Waals surface area contributed by atoms with Crippen LogP contribution in [0.3, 0.4) is 0 Å². The summed E-state index contributed by atoms with van der Waals surface area (Å²) in [6.07, 6.45) is 3.04. The SMILES string of the molecule is CCNC(CCOCC)Cc1cc(Br)cc2c1OCC2. The van der Waals surface area contributed by atoms with Gasteiger partial charge in [0.25, 0.3) is 0 Å². The van der Waals surface area contributed by atoms with E-state index in [1.807, 2.05) is 6.92 Å². The Hall–Kier alpha value is -0.580. The molecule has 1 aromatic rings. The number of fused-ring (bicyclic) bond motifs is 1. The first kappa shape index (κ1) is 15.8. The van der Waals surface area contributed by atoms with Crippen molar-refractivity contribution in [3.05, 3.63) is 27.7 Å². The molecule has 0 spiro atoms. The van der Waals surface area contributed by atoms with Crippen molar-refractivity contribution in [2.75, 3.05) is 26.4 Å². The number of benzene rings is 1. The number of hydrogen-bond donors (Lipinski definition) is 1. The standard InChI is InChI=1S/C16H24BrNO2/c1-3-18-15(6-7-19-4-2)11-13-10-14(17)9-12-5-8-20-16(12)13/h9-10,15,18H,3-8,11H2,1-2H3. The number of likely N-dealkylation sites (N-methyl/N-ethyl adjacent to an activating group) is 1. The Labute approximate surface area is 130 Å². The summed E-state index contributed by atoms with van der Waals surface area (Å²) in [5.41, 5.74) is 2.63. The van der Waals surface area contributed by atoms with E-state index < -0.39 is 0 Å². The third-order valence-corrected chi connectivity index (χ3v) is 4.06. The van der Waals surface area contributed by atoms with Crippen LogP contribution in [-0.2, 0) is 17.6 Å². The van der Waals surface area contributed by atoms with Gasteiger partial charge in [0.15, 0.2) is 0 Å². The Morgan fingerprint density at radius 1 is 1.40 bits per heavy atom. The van der Waals surface area contributed by atoms with Crippen LogP contribution in [0.25, 0.3) is 0 Å². The first-order chi connectivity index (χ1) is 9.74. The number of hydrogen-bond acceptors (Lipinski definition) is 3. The van der Waals surface area contributed by atoms with Gasteiger partial charge in [0.1, 0.15) is 5.75 Å². The Morgan fingerprint density at radius 2 is 2.25 bits per heavy atom. The van der Waals surface area contributed by atoms with Crippen LogP contribution in [0.4, 0.5) is 0 Å². The molecule has 0 saturated heterocycles. The molecule has 0 radical (unpaired) electrons. The first-order valence-corrected chi connectivity index (χ1v) is 8.29. The van der Waals surface area contributed by atoms with E-state index in [2.05, 4.69) is 40.3 Å². The van der Waals surface area contributed by atoms with Gasteiger partial charge in [-0.2, -0.15) is 0 Å². The van der Waals surface area contributed by atoms with E-state index in [1.165, 1.54) is 11.1 Å². The van der Waals surface area contributed by atoms with Crippen LogP contribution in [0, 0.1) is 0 Å². The van der Waals surface area contributed by atoms with Crippen molar-refractivity contribution < 1.29 is 9.47 Å². The molecule has 3 nitrogen and oxygen atoms in total. The van der Waals surface area contributed by atoms with Gasteiger partial charge in [-0.1, -0.05) is 22.9 Å². The molecule has 2 rings (SSSR count). The lowest BCUT2D eigenvalue weighted by molar-refractivity contribution is 0.136. The lowest BCUT2D eigenvalue weighted by Crippen LogP contribution is -2.32. The van der Waals surface area contributed by atoms with Gasteiger partial charge in [-0.3, -0.25) is 0 Å². The first-order valence-electron chi connectivity index (χ1n) is 7.49. The van der Waals surface area contributed by atoms with Crippen molar-refractivity contribution in [1.82, 2.24) is 5.32 Å². The van der Waals surface area contributed by atoms with Gasteiger partial charge >= 0.3 is 0 Å². The lowest BCUT2D eigenvalue weighted by Gasteiger charge is -2.19. The Balaban J connectivity index is 2.06. The summed E-state index contributed by atoms with van der Waals surface area (Å²) >= 11 is 3.61. The number of nitrogens with one attached hydrogen (secondary N) is 1. The molecule has 1 N–H and O–H groups in total. The summed E-state index contributed by atoms with van der Waals surface area (Å²) < 4.78 is 12.4. The van der Waals surface area contributed by atoms with Crippen molar-refractivity contribution in [2.24, 2.45) is 0 Å². The van der Waals surface area contributed by atoms with Crippen LogP contribution in [0.2, 0.25) is 0 Å². The molecule has 0 saturated carbocycles. The molecular weight excluding hydrogens is 318 g/mol. The fourth-order valence-corrected chi connectivity index (χ4v) is 3.25. The van der Waals surface area contributed by atoms with Gasteiger partial charge in [-0.15, -0.1) is 0 Å². The molecule has 0 aliphatic carbocycles. The van der Waals surface area contributed by atoms with Crippen molar-refractivity contribution in [1.29, 1.82) is 0 Å². The van der Waals surface area contributed by atoms with Gasteiger partial charge in [0, 0.05) is 30.1 Å². The zero-order valence-corrected chi connectivity index (χ0v) is 14.0. The minimum atomic E-state index is 0.439. The largest absolute Gasteiger partial charge is 0.493 e. The second-order valence-electron chi connectivity index (χ2n) is 5.10. The van der Waals surface area contributed by atoms with E-state index in [0.717, 1.165) is 55.9 Å². The van der Waals surface area contributed by atoms with Crippen molar-refractivity contribution in [3.8, 4) is 5.75 Å². The maximum Gasteiger partial charge on any atom is 0.125 e. The molecule has 0 aromatic heterocycles. The summed E-state index contributed by atoms with van der Waals surface area (Å²) in [6, 6.07) is 4.80. The minimum absolute atomic E-state index is 0.439. The Kier molecular flexibility index (Phi) is 6.33. The molecule has 0 bridgehead atoms. The molecule has 1 aliphatic heterocycles. The lowest BCUT2D eigenvalue weighted by atomic mass is 10.00. The van der Waals surface area contributed by atoms with Crippen LogP contribution in [0.5, 0.6) is 5.75 Å². The molecule has 0 fully saturated rings. The second-order valence-corrected chi connectivity index (χ2v) is 6.01. The molecule has 1 atom stereocenters. The highest BCUT2D eigenvalue weighted by atomic mass is 79.9. The van der Waals surface area contributed by atoms with E-state index in [0.29, 0.717) is 6.04 Å². The van der Waals surface area contributed by atoms with E-state index >= 15 is 0 Å². The molecule has 20 heavy (non-hydrogen) atoms. The predicted molar refractivity (Wildman–Crippen MR) is 85.6 cm³/mol. The van der Waals surface area contributed by atoms with Gasteiger partial charge in [-0.05, 0) is 49.6 Å². The fraction of sp³-hybridized carbons (Fsp3) is 0.625. The molecule has 0 amide bonds. The van der Waals surface area contributed by atoms with E-state index in [4.69, 9.17) is 9.47 Å². The van der Waals surface area contributed by atoms with Crippen LogP contribution in [0.15, 0.2) is 16.6 Å². The molecule has 112 valence electrons. The monoisotopic (exact) mass is 341 g/mol. The van der Waals surface area contributed by atoms with Gasteiger partial charge in [0.05, 0.1) is 6.61 Å². The average Bonchev–Trinajstić information content (AvgIpc) is 2.87. The molecule has 1 aromatic carbocycles. The third kappa shape index (κ3) is 4.21. The second kappa shape index (κ2) is 8.01. The summed E-state index contributed by atoms with van der Waals surface area (Å²) in [7, 11) is 0. The molecule has 1 unspecified atom stereocenters. The van der Waals surface area contributed by atoms with E-state index in [-0.39, 0.29) is 0 Å². The van der Waals surface area contributed by atoms with Crippen LogP contribution < -0.4 is 10.1 Å². The highest BCUT2D eigenvalue weighted by Crippen LogP contribution is 2.33. The summed E-state index contributed by atoms with van der Waals surface area (Å²) in [5, 5.41) is 3.55. The molecule has 4 heteroatoms. The summed E-state index contributed by atoms with van der Waals surface area (Å²) in [4.78, 5) is 0. The number of ether oxygens (including phenoxy) is 2. The normalized spacial score (nSPS) is 14.9. The number of halogens is 1. The van der Waals surface area contributed by atoms with Crippen LogP contribution >= 0.6 is 15.9 Å². The fourth-order valence-electron chi connectivity index (χ4n) is 2.70. The van der Waals surface area contributed by atoms with Crippen LogP contribution in [0.1, 0.15) is 31.4 Å². The van der Waals surface area contributed by atoms with Crippen molar-refractivity contribution in [3.63, 3.8) is 0 Å². The summed E-state index contributed by atoms with van der Waals surface area (Å²) in [6.45, 7) is 7.57. The van der Waals surface area contributed by atoms with Gasteiger partial charge < -0.3 is 14.8 Å². The zero-order valence-electron chi connectivity index (χ0n) is 12.4. The topological polar surface area (TPSA) is 30.5 Å². The minimum Gasteiger partial charge on any atom is -0.493 e. The Morgan fingerprint density at radius 3 is 3.00 bits per heavy atom.